The first-order valence-electron chi connectivity index (χ1n) is 14.0. The quantitative estimate of drug-likeness (QED) is 0.234. The first kappa shape index (κ1) is 44.6. The van der Waals surface area contributed by atoms with Gasteiger partial charge in [0.2, 0.25) is 0 Å². The Balaban J connectivity index is 0.000000490. The molecule has 0 unspecified atom stereocenters. The van der Waals surface area contributed by atoms with E-state index in [0.717, 1.165) is 148 Å². The summed E-state index contributed by atoms with van der Waals surface area (Å²) in [6.45, 7) is 9.00. The van der Waals surface area contributed by atoms with E-state index in [-0.39, 0.29) is 92.5 Å². The minimum absolute atomic E-state index is 0. The molecular weight excluding hydrogens is 873 g/mol. The van der Waals surface area contributed by atoms with Crippen molar-refractivity contribution in [2.24, 2.45) is 0 Å². The molecule has 0 radical (unpaired) electrons. The topological polar surface area (TPSA) is 184 Å². The molecule has 6 rings (SSSR count). The van der Waals surface area contributed by atoms with Crippen LogP contribution in [0.3, 0.4) is 0 Å². The van der Waals surface area contributed by atoms with Crippen molar-refractivity contribution in [1.29, 1.82) is 0 Å². The maximum Gasteiger partial charge on any atom is 2.00 e. The van der Waals surface area contributed by atoms with Crippen molar-refractivity contribution in [2.45, 2.75) is 0 Å². The summed E-state index contributed by atoms with van der Waals surface area (Å²) in [4.78, 5) is 0. The fourth-order valence-electron chi connectivity index (χ4n) is 3.09. The second-order valence-electron chi connectivity index (χ2n) is 8.90. The van der Waals surface area contributed by atoms with Crippen LogP contribution in [0.25, 0.3) is 0 Å². The zero-order valence-electron chi connectivity index (χ0n) is 25.3. The largest absolute Gasteiger partial charge is 2.00 e. The maximum absolute atomic E-state index is 8.86. The average molecular weight is 928 g/mol. The fourth-order valence-corrected chi connectivity index (χ4v) is 8.03. The molecule has 0 aromatic heterocycles. The van der Waals surface area contributed by atoms with E-state index in [4.69, 9.17) is 53.7 Å². The SMILES string of the molecule is [Hg+2].[OH+]=S1CCOCC1.[OH+]=S1CCOCC1.[OH+]=S1CCOCC1.[OH+]=S1CCOCC1.[OH+]=S1CCOCC1.[OH+]=S1CCOCC1. The third-order valence-electron chi connectivity index (χ3n) is 5.56. The molecule has 0 bridgehead atoms. The van der Waals surface area contributed by atoms with Crippen LogP contribution in [0.1, 0.15) is 0 Å². The second-order valence-corrected chi connectivity index (χ2v) is 19.3. The molecule has 252 valence electrons. The number of ether oxygens (including phenoxy) is 6. The summed E-state index contributed by atoms with van der Waals surface area (Å²) in [6.07, 6.45) is 0. The van der Waals surface area contributed by atoms with Gasteiger partial charge in [0.15, 0.2) is 64.8 Å². The van der Waals surface area contributed by atoms with Gasteiger partial charge in [0, 0.05) is 0 Å². The summed E-state index contributed by atoms with van der Waals surface area (Å²) in [6, 6.07) is 0. The Morgan fingerprint density at radius 3 is 0.372 bits per heavy atom. The summed E-state index contributed by atoms with van der Waals surface area (Å²) in [5.74, 6) is 10.2. The molecule has 0 amide bonds. The zero-order valence-corrected chi connectivity index (χ0v) is 35.7. The molecule has 0 spiro atoms. The van der Waals surface area contributed by atoms with Crippen molar-refractivity contribution in [3.05, 3.63) is 0 Å². The van der Waals surface area contributed by atoms with Crippen LogP contribution >= 0.6 is 0 Å². The summed E-state index contributed by atoms with van der Waals surface area (Å²) < 4.78 is 83.1. The van der Waals surface area contributed by atoms with Gasteiger partial charge in [0.05, 0.1) is 148 Å². The summed E-state index contributed by atoms with van der Waals surface area (Å²) in [5, 5.41) is 0. The van der Waals surface area contributed by atoms with Crippen molar-refractivity contribution in [3.8, 4) is 0 Å². The van der Waals surface area contributed by atoms with Gasteiger partial charge in [-0.3, -0.25) is 25.3 Å². The predicted octanol–water partition coefficient (Wildman–Crippen LogP) is -0.468. The molecule has 0 atom stereocenters. The Hall–Kier alpha value is 1.60. The Labute approximate surface area is 292 Å². The minimum Gasteiger partial charge on any atom is -0.379 e. The van der Waals surface area contributed by atoms with Crippen LogP contribution in [-0.2, 0) is 121 Å². The molecule has 0 saturated carbocycles. The van der Waals surface area contributed by atoms with Crippen LogP contribution in [0.15, 0.2) is 0 Å². The van der Waals surface area contributed by atoms with Crippen molar-refractivity contribution >= 4 is 64.8 Å². The van der Waals surface area contributed by atoms with Crippen LogP contribution in [0.5, 0.6) is 0 Å². The molecule has 6 aliphatic rings. The van der Waals surface area contributed by atoms with E-state index < -0.39 is 0 Å². The van der Waals surface area contributed by atoms with Gasteiger partial charge in [-0.05, 0) is 0 Å². The van der Waals surface area contributed by atoms with Crippen LogP contribution in [0, 0.1) is 0 Å². The van der Waals surface area contributed by atoms with Crippen molar-refractivity contribution in [1.82, 2.24) is 0 Å². The average Bonchev–Trinajstić information content (AvgIpc) is 3.01. The third kappa shape index (κ3) is 30.7. The van der Waals surface area contributed by atoms with E-state index in [2.05, 4.69) is 0 Å². The van der Waals surface area contributed by atoms with Crippen molar-refractivity contribution in [2.75, 3.05) is 148 Å². The number of hydrogen-bond acceptors (Lipinski definition) is 6. The molecule has 6 heterocycles. The molecule has 0 aromatic rings. The van der Waals surface area contributed by atoms with E-state index >= 15 is 0 Å². The molecular formula is C24H54HgO12S6+8. The van der Waals surface area contributed by atoms with Crippen molar-refractivity contribution < 1.29 is 81.3 Å². The molecule has 6 aliphatic heterocycles. The van der Waals surface area contributed by atoms with Gasteiger partial charge >= 0.3 is 27.7 Å². The standard InChI is InChI=1S/6C4H8O2S.Hg/c6*5-7-3-1-6-2-4-7;/h6*1-4H2;/q;;;;;;+2/p+6. The Morgan fingerprint density at radius 2 is 0.326 bits per heavy atom. The van der Waals surface area contributed by atoms with Crippen LogP contribution < -0.4 is 0 Å². The maximum atomic E-state index is 8.86. The van der Waals surface area contributed by atoms with E-state index in [9.17, 15) is 0 Å². The Kier molecular flexibility index (Phi) is 33.4. The van der Waals surface area contributed by atoms with Gasteiger partial charge in [-0.1, -0.05) is 0 Å². The fraction of sp³-hybridized carbons (Fsp3) is 1.00. The summed E-state index contributed by atoms with van der Waals surface area (Å²) in [5.41, 5.74) is 0. The number of rotatable bonds is 0. The summed E-state index contributed by atoms with van der Waals surface area (Å²) in [7, 11) is -1.89. The Bertz CT molecular complexity index is 620. The first-order valence-corrected chi connectivity index (χ1v) is 23.1. The van der Waals surface area contributed by atoms with Crippen LogP contribution in [0.2, 0.25) is 0 Å². The van der Waals surface area contributed by atoms with Gasteiger partial charge in [-0.25, -0.2) is 0 Å². The molecule has 6 saturated heterocycles. The van der Waals surface area contributed by atoms with Crippen LogP contribution in [0.4, 0.5) is 0 Å². The molecule has 0 aliphatic carbocycles. The number of hydrogen-bond donors (Lipinski definition) is 0. The Morgan fingerprint density at radius 1 is 0.233 bits per heavy atom. The van der Waals surface area contributed by atoms with Gasteiger partial charge in [0.25, 0.3) is 0 Å². The van der Waals surface area contributed by atoms with Gasteiger partial charge in [0.1, 0.15) is 0 Å². The van der Waals surface area contributed by atoms with E-state index in [1.54, 1.807) is 0 Å². The molecule has 12 nitrogen and oxygen atoms in total. The summed E-state index contributed by atoms with van der Waals surface area (Å²) >= 11 is 0. The van der Waals surface area contributed by atoms with E-state index in [1.807, 2.05) is 0 Å². The van der Waals surface area contributed by atoms with E-state index in [0.29, 0.717) is 0 Å². The molecule has 19 heteroatoms. The zero-order chi connectivity index (χ0) is 30.7. The van der Waals surface area contributed by atoms with Gasteiger partial charge < -0.3 is 28.4 Å². The molecule has 6 fully saturated rings. The first-order chi connectivity index (χ1) is 20.4. The van der Waals surface area contributed by atoms with E-state index in [1.165, 1.54) is 0 Å². The third-order valence-corrected chi connectivity index (χ3v) is 13.2. The molecule has 43 heavy (non-hydrogen) atoms. The monoisotopic (exact) mass is 928 g/mol. The molecule has 0 aromatic carbocycles. The normalized spacial score (nSPS) is 24.6. The van der Waals surface area contributed by atoms with Gasteiger partial charge in [-0.15, -0.1) is 0 Å². The van der Waals surface area contributed by atoms with Gasteiger partial charge in [-0.2, -0.15) is 0 Å². The predicted molar refractivity (Wildman–Crippen MR) is 179 cm³/mol. The van der Waals surface area contributed by atoms with Crippen LogP contribution in [-0.4, -0.2) is 174 Å². The molecule has 6 N–H and O–H groups in total. The second kappa shape index (κ2) is 32.2. The van der Waals surface area contributed by atoms with Crippen molar-refractivity contribution in [3.63, 3.8) is 0 Å². The minimum atomic E-state index is -0.315. The smallest absolute Gasteiger partial charge is 0.379 e.